The molecule has 0 aromatic carbocycles. The molecule has 0 aromatic rings. The minimum Gasteiger partial charge on any atom is -0.0525 e. The summed E-state index contributed by atoms with van der Waals surface area (Å²) in [5, 5.41) is 0. The van der Waals surface area contributed by atoms with E-state index in [1.54, 1.807) is 38.5 Å². The van der Waals surface area contributed by atoms with E-state index in [0.29, 0.717) is 0 Å². The first-order chi connectivity index (χ1) is 4.42. The first kappa shape index (κ1) is 4.76. The van der Waals surface area contributed by atoms with Gasteiger partial charge in [0.05, 0.1) is 0 Å². The van der Waals surface area contributed by atoms with Crippen LogP contribution in [-0.4, -0.2) is 0 Å². The van der Waals surface area contributed by atoms with Crippen molar-refractivity contribution >= 4 is 0 Å². The summed E-state index contributed by atoms with van der Waals surface area (Å²) in [5.74, 6) is 2.42. The SMILES string of the molecule is C1CC2CC3CCC23C1. The molecule has 0 aliphatic heterocycles. The Balaban J connectivity index is 1.95. The van der Waals surface area contributed by atoms with Gasteiger partial charge < -0.3 is 0 Å². The van der Waals surface area contributed by atoms with Crippen molar-refractivity contribution in [2.45, 2.75) is 38.5 Å². The molecule has 3 atom stereocenters. The number of rotatable bonds is 0. The van der Waals surface area contributed by atoms with E-state index in [-0.39, 0.29) is 0 Å². The molecule has 3 rings (SSSR count). The predicted molar refractivity (Wildman–Crippen MR) is 37.1 cm³/mol. The summed E-state index contributed by atoms with van der Waals surface area (Å²) in [4.78, 5) is 0. The Bertz CT molecular complexity index is 150. The zero-order valence-electron chi connectivity index (χ0n) is 5.90. The van der Waals surface area contributed by atoms with E-state index < -0.39 is 0 Å². The second-order valence-electron chi connectivity index (χ2n) is 4.29. The first-order valence-corrected chi connectivity index (χ1v) is 4.42. The fraction of sp³-hybridized carbons (Fsp3) is 1.00. The fourth-order valence-corrected chi connectivity index (χ4v) is 3.64. The molecule has 3 fully saturated rings. The zero-order valence-corrected chi connectivity index (χ0v) is 5.90. The van der Waals surface area contributed by atoms with E-state index in [1.807, 2.05) is 0 Å². The van der Waals surface area contributed by atoms with Crippen LogP contribution in [0.1, 0.15) is 38.5 Å². The quantitative estimate of drug-likeness (QED) is 0.463. The second-order valence-corrected chi connectivity index (χ2v) is 4.29. The van der Waals surface area contributed by atoms with Gasteiger partial charge in [0, 0.05) is 0 Å². The van der Waals surface area contributed by atoms with Crippen LogP contribution in [0, 0.1) is 17.3 Å². The van der Waals surface area contributed by atoms with Gasteiger partial charge in [-0.2, -0.15) is 0 Å². The monoisotopic (exact) mass is 122 g/mol. The van der Waals surface area contributed by atoms with Crippen molar-refractivity contribution in [3.63, 3.8) is 0 Å². The molecule has 3 aliphatic carbocycles. The maximum absolute atomic E-state index is 1.61. The highest BCUT2D eigenvalue weighted by Gasteiger charge is 2.61. The highest BCUT2D eigenvalue weighted by Crippen LogP contribution is 2.71. The third-order valence-corrected chi connectivity index (χ3v) is 4.35. The van der Waals surface area contributed by atoms with Crippen LogP contribution in [0.2, 0.25) is 0 Å². The van der Waals surface area contributed by atoms with E-state index in [2.05, 4.69) is 0 Å². The van der Waals surface area contributed by atoms with Gasteiger partial charge in [-0.05, 0) is 49.4 Å². The van der Waals surface area contributed by atoms with Crippen LogP contribution in [0.15, 0.2) is 0 Å². The van der Waals surface area contributed by atoms with Crippen molar-refractivity contribution in [1.29, 1.82) is 0 Å². The molecule has 0 amide bonds. The van der Waals surface area contributed by atoms with Gasteiger partial charge in [0.2, 0.25) is 0 Å². The summed E-state index contributed by atoms with van der Waals surface area (Å²) in [5.41, 5.74) is 0.972. The molecule has 0 N–H and O–H groups in total. The molecule has 0 aromatic heterocycles. The van der Waals surface area contributed by atoms with Gasteiger partial charge in [0.1, 0.15) is 0 Å². The fourth-order valence-electron chi connectivity index (χ4n) is 3.64. The Kier molecular flexibility index (Phi) is 0.640. The minimum absolute atomic E-state index is 0.972. The van der Waals surface area contributed by atoms with Gasteiger partial charge in [-0.3, -0.25) is 0 Å². The number of hydrogen-bond donors (Lipinski definition) is 0. The molecule has 0 bridgehead atoms. The largest absolute Gasteiger partial charge is 0.0525 e. The van der Waals surface area contributed by atoms with Gasteiger partial charge in [-0.15, -0.1) is 0 Å². The smallest absolute Gasteiger partial charge is 0.0241 e. The van der Waals surface area contributed by atoms with Crippen LogP contribution in [0.4, 0.5) is 0 Å². The standard InChI is InChI=1S/C9H14/c1-2-7-6-8-3-5-9(7,8)4-1/h7-8H,1-6H2. The highest BCUT2D eigenvalue weighted by atomic mass is 14.7. The summed E-state index contributed by atoms with van der Waals surface area (Å²) in [6, 6.07) is 0. The van der Waals surface area contributed by atoms with E-state index in [0.717, 1.165) is 5.41 Å². The zero-order chi connectivity index (χ0) is 5.90. The molecule has 3 unspecified atom stereocenters. The molecule has 3 aliphatic rings. The van der Waals surface area contributed by atoms with Gasteiger partial charge in [-0.1, -0.05) is 6.42 Å². The van der Waals surface area contributed by atoms with Gasteiger partial charge >= 0.3 is 0 Å². The topological polar surface area (TPSA) is 0 Å². The molecule has 50 valence electrons. The lowest BCUT2D eigenvalue weighted by molar-refractivity contribution is -0.119. The molecule has 9 heavy (non-hydrogen) atoms. The normalized spacial score (nSPS) is 61.3. The van der Waals surface area contributed by atoms with E-state index in [9.17, 15) is 0 Å². The summed E-state index contributed by atoms with van der Waals surface area (Å²) < 4.78 is 0. The van der Waals surface area contributed by atoms with Crippen molar-refractivity contribution in [3.8, 4) is 0 Å². The summed E-state index contributed by atoms with van der Waals surface area (Å²) in [7, 11) is 0. The highest BCUT2D eigenvalue weighted by molar-refractivity contribution is 5.11. The summed E-state index contributed by atoms with van der Waals surface area (Å²) >= 11 is 0. The summed E-state index contributed by atoms with van der Waals surface area (Å²) in [6.45, 7) is 0. The molecule has 0 saturated heterocycles. The Labute approximate surface area is 56.6 Å². The molecule has 3 saturated carbocycles. The first-order valence-electron chi connectivity index (χ1n) is 4.42. The van der Waals surface area contributed by atoms with E-state index in [1.165, 1.54) is 11.8 Å². The van der Waals surface area contributed by atoms with Gasteiger partial charge in [0.15, 0.2) is 0 Å². The number of hydrogen-bond acceptors (Lipinski definition) is 0. The van der Waals surface area contributed by atoms with Crippen molar-refractivity contribution in [1.82, 2.24) is 0 Å². The average molecular weight is 122 g/mol. The molecule has 0 nitrogen and oxygen atoms in total. The van der Waals surface area contributed by atoms with Gasteiger partial charge in [-0.25, -0.2) is 0 Å². The molecular formula is C9H14. The maximum atomic E-state index is 1.61. The van der Waals surface area contributed by atoms with Crippen LogP contribution < -0.4 is 0 Å². The molecular weight excluding hydrogens is 108 g/mol. The second kappa shape index (κ2) is 1.21. The van der Waals surface area contributed by atoms with Crippen LogP contribution in [0.3, 0.4) is 0 Å². The minimum atomic E-state index is 0.972. The van der Waals surface area contributed by atoms with Crippen LogP contribution >= 0.6 is 0 Å². The summed E-state index contributed by atoms with van der Waals surface area (Å²) in [6.07, 6.45) is 9.53. The molecule has 0 heteroatoms. The Morgan fingerprint density at radius 2 is 1.89 bits per heavy atom. The van der Waals surface area contributed by atoms with Crippen LogP contribution in [-0.2, 0) is 0 Å². The Morgan fingerprint density at radius 1 is 1.00 bits per heavy atom. The van der Waals surface area contributed by atoms with Crippen molar-refractivity contribution < 1.29 is 0 Å². The Hall–Kier alpha value is 0. The van der Waals surface area contributed by atoms with Gasteiger partial charge in [0.25, 0.3) is 0 Å². The van der Waals surface area contributed by atoms with Crippen molar-refractivity contribution in [2.75, 3.05) is 0 Å². The lowest BCUT2D eigenvalue weighted by Gasteiger charge is -2.61. The van der Waals surface area contributed by atoms with E-state index in [4.69, 9.17) is 0 Å². The van der Waals surface area contributed by atoms with Crippen LogP contribution in [0.25, 0.3) is 0 Å². The third kappa shape index (κ3) is 0.342. The Morgan fingerprint density at radius 3 is 2.33 bits per heavy atom. The molecule has 0 radical (unpaired) electrons. The molecule has 1 spiro atoms. The molecule has 0 heterocycles. The lowest BCUT2D eigenvalue weighted by atomic mass is 9.43. The maximum Gasteiger partial charge on any atom is -0.0241 e. The average Bonchev–Trinajstić information content (AvgIpc) is 2.23. The van der Waals surface area contributed by atoms with Crippen molar-refractivity contribution in [2.24, 2.45) is 17.3 Å². The lowest BCUT2D eigenvalue weighted by Crippen LogP contribution is -2.53. The van der Waals surface area contributed by atoms with Crippen LogP contribution in [0.5, 0.6) is 0 Å². The van der Waals surface area contributed by atoms with E-state index >= 15 is 0 Å². The predicted octanol–water partition coefficient (Wildman–Crippen LogP) is 2.59. The third-order valence-electron chi connectivity index (χ3n) is 4.35. The van der Waals surface area contributed by atoms with Crippen molar-refractivity contribution in [3.05, 3.63) is 0 Å².